The summed E-state index contributed by atoms with van der Waals surface area (Å²) < 4.78 is 51.0. The molecule has 1 heterocycles. The minimum Gasteiger partial charge on any atom is -0.386 e. The van der Waals surface area contributed by atoms with E-state index in [9.17, 15) is 17.2 Å². The number of hydrogen-bond acceptors (Lipinski definition) is 4. The van der Waals surface area contributed by atoms with Crippen molar-refractivity contribution in [3.63, 3.8) is 0 Å². The third-order valence-electron chi connectivity index (χ3n) is 4.36. The number of hydrogen-bond donors (Lipinski definition) is 1. The highest BCUT2D eigenvalue weighted by Gasteiger charge is 2.49. The Bertz CT molecular complexity index is 742. The molecular weight excluding hydrogens is 410 g/mol. The molecule has 2 rings (SSSR count). The zero-order valence-corrected chi connectivity index (χ0v) is 16.1. The van der Waals surface area contributed by atoms with Gasteiger partial charge in [-0.05, 0) is 38.0 Å². The van der Waals surface area contributed by atoms with E-state index < -0.39 is 32.6 Å². The molecule has 0 aliphatic carbocycles. The second kappa shape index (κ2) is 6.68. The van der Waals surface area contributed by atoms with Crippen LogP contribution < -0.4 is 5.73 Å². The highest BCUT2D eigenvalue weighted by atomic mass is 79.9. The Morgan fingerprint density at radius 3 is 2.48 bits per heavy atom. The van der Waals surface area contributed by atoms with Gasteiger partial charge in [0.1, 0.15) is 28.6 Å². The Labute approximate surface area is 150 Å². The number of halogens is 3. The number of benzene rings is 1. The van der Waals surface area contributed by atoms with E-state index in [1.54, 1.807) is 0 Å². The molecule has 1 unspecified atom stereocenters. The van der Waals surface area contributed by atoms with Gasteiger partial charge in [-0.25, -0.2) is 17.2 Å². The monoisotopic (exact) mass is 428 g/mol. The molecule has 23 heavy (non-hydrogen) atoms. The van der Waals surface area contributed by atoms with Crippen LogP contribution in [-0.4, -0.2) is 31.9 Å². The first-order valence-electron chi connectivity index (χ1n) is 6.63. The van der Waals surface area contributed by atoms with Gasteiger partial charge in [0.15, 0.2) is 9.84 Å². The van der Waals surface area contributed by atoms with Gasteiger partial charge in [-0.1, -0.05) is 15.9 Å². The smallest absolute Gasteiger partial charge is 0.160 e. The summed E-state index contributed by atoms with van der Waals surface area (Å²) >= 11 is 3.22. The lowest BCUT2D eigenvalue weighted by Crippen LogP contribution is -2.53. The van der Waals surface area contributed by atoms with Gasteiger partial charge < -0.3 is 5.73 Å². The number of alkyl halides is 1. The van der Waals surface area contributed by atoms with Gasteiger partial charge in [0.2, 0.25) is 0 Å². The Morgan fingerprint density at radius 2 is 2.00 bits per heavy atom. The standard InChI is InChI=1S/C14H17BrF2N2O2S.H2S/c1-13(22(2,20)21)5-6-14(8-16,19-12(13)18)10-7-9(15)3-4-11(10)17;/h3-4,7H,5-6,8H2,1-2H3,(H2,18,19);1H2/t13?,14-;/m1./s1. The molecule has 0 fully saturated rings. The number of sulfone groups is 1. The van der Waals surface area contributed by atoms with Crippen LogP contribution in [0.2, 0.25) is 0 Å². The highest BCUT2D eigenvalue weighted by molar-refractivity contribution is 9.10. The molecule has 0 aromatic heterocycles. The summed E-state index contributed by atoms with van der Waals surface area (Å²) in [7, 11) is -3.51. The first-order chi connectivity index (χ1) is 10.1. The van der Waals surface area contributed by atoms with Crippen LogP contribution in [0.4, 0.5) is 8.78 Å². The topological polar surface area (TPSA) is 72.5 Å². The van der Waals surface area contributed by atoms with Crippen molar-refractivity contribution in [3.05, 3.63) is 34.1 Å². The molecule has 0 amide bonds. The molecule has 1 aliphatic heterocycles. The predicted octanol–water partition coefficient (Wildman–Crippen LogP) is 2.82. The molecule has 0 spiro atoms. The summed E-state index contributed by atoms with van der Waals surface area (Å²) in [6.07, 6.45) is 1.20. The SMILES string of the molecule is CC1(S(C)(=O)=O)CC[C@@](CF)(c2cc(Br)ccc2F)N=C1N.S. The Morgan fingerprint density at radius 1 is 1.39 bits per heavy atom. The normalized spacial score (nSPS) is 28.0. The van der Waals surface area contributed by atoms with Gasteiger partial charge >= 0.3 is 0 Å². The van der Waals surface area contributed by atoms with Crippen LogP contribution in [-0.2, 0) is 15.4 Å². The van der Waals surface area contributed by atoms with E-state index in [1.807, 2.05) is 0 Å². The summed E-state index contributed by atoms with van der Waals surface area (Å²) in [5.74, 6) is -0.779. The molecule has 1 aliphatic rings. The minimum atomic E-state index is -3.51. The van der Waals surface area contributed by atoms with E-state index in [-0.39, 0.29) is 37.7 Å². The minimum absolute atomic E-state index is 0. The van der Waals surface area contributed by atoms with Crippen LogP contribution in [0.15, 0.2) is 27.7 Å². The van der Waals surface area contributed by atoms with Gasteiger partial charge in [0.25, 0.3) is 0 Å². The Balaban J connectivity index is 0.00000264. The molecule has 0 saturated carbocycles. The van der Waals surface area contributed by atoms with Crippen molar-refractivity contribution in [1.29, 1.82) is 0 Å². The van der Waals surface area contributed by atoms with Crippen LogP contribution in [0.1, 0.15) is 25.3 Å². The summed E-state index contributed by atoms with van der Waals surface area (Å²) in [5, 5.41) is 0. The van der Waals surface area contributed by atoms with E-state index >= 15 is 0 Å². The molecule has 0 radical (unpaired) electrons. The summed E-state index contributed by atoms with van der Waals surface area (Å²) in [4.78, 5) is 4.10. The fraction of sp³-hybridized carbons (Fsp3) is 0.500. The highest BCUT2D eigenvalue weighted by Crippen LogP contribution is 2.42. The largest absolute Gasteiger partial charge is 0.386 e. The third kappa shape index (κ3) is 3.41. The van der Waals surface area contributed by atoms with E-state index in [4.69, 9.17) is 5.73 Å². The fourth-order valence-electron chi connectivity index (χ4n) is 2.57. The van der Waals surface area contributed by atoms with Crippen molar-refractivity contribution < 1.29 is 17.2 Å². The van der Waals surface area contributed by atoms with Crippen molar-refractivity contribution in [2.45, 2.75) is 30.1 Å². The molecule has 9 heteroatoms. The predicted molar refractivity (Wildman–Crippen MR) is 96.2 cm³/mol. The van der Waals surface area contributed by atoms with Crippen molar-refractivity contribution in [2.75, 3.05) is 12.9 Å². The maximum absolute atomic E-state index is 14.1. The quantitative estimate of drug-likeness (QED) is 0.803. The van der Waals surface area contributed by atoms with E-state index in [0.717, 1.165) is 6.26 Å². The number of rotatable bonds is 3. The van der Waals surface area contributed by atoms with Crippen molar-refractivity contribution >= 4 is 45.1 Å². The molecule has 0 saturated heterocycles. The second-order valence-electron chi connectivity index (χ2n) is 5.79. The fourth-order valence-corrected chi connectivity index (χ4v) is 3.83. The summed E-state index contributed by atoms with van der Waals surface area (Å²) in [6, 6.07) is 4.17. The van der Waals surface area contributed by atoms with E-state index in [0.29, 0.717) is 4.47 Å². The average Bonchev–Trinajstić information content (AvgIpc) is 2.43. The van der Waals surface area contributed by atoms with E-state index in [2.05, 4.69) is 20.9 Å². The summed E-state index contributed by atoms with van der Waals surface area (Å²) in [5.41, 5.74) is 4.43. The molecule has 2 atom stereocenters. The molecule has 2 N–H and O–H groups in total. The lowest BCUT2D eigenvalue weighted by atomic mass is 9.81. The first-order valence-corrected chi connectivity index (χ1v) is 9.31. The maximum atomic E-state index is 14.1. The number of nitrogens with two attached hydrogens (primary N) is 1. The van der Waals surface area contributed by atoms with Gasteiger partial charge in [-0.2, -0.15) is 13.5 Å². The van der Waals surface area contributed by atoms with Crippen LogP contribution >= 0.6 is 29.4 Å². The first kappa shape index (κ1) is 20.4. The average molecular weight is 429 g/mol. The summed E-state index contributed by atoms with van der Waals surface area (Å²) in [6.45, 7) is 0.501. The maximum Gasteiger partial charge on any atom is 0.160 e. The van der Waals surface area contributed by atoms with Gasteiger partial charge in [-0.15, -0.1) is 0 Å². The zero-order valence-electron chi connectivity index (χ0n) is 12.7. The Hall–Kier alpha value is -0.670. The lowest BCUT2D eigenvalue weighted by molar-refractivity contribution is 0.266. The van der Waals surface area contributed by atoms with Crippen molar-refractivity contribution in [1.82, 2.24) is 0 Å². The molecule has 1 aromatic rings. The van der Waals surface area contributed by atoms with Crippen molar-refractivity contribution in [3.8, 4) is 0 Å². The number of nitrogens with zero attached hydrogens (tertiary/aromatic N) is 1. The van der Waals surface area contributed by atoms with Crippen LogP contribution in [0, 0.1) is 5.82 Å². The van der Waals surface area contributed by atoms with Gasteiger partial charge in [0.05, 0.1) is 0 Å². The number of amidine groups is 1. The number of aliphatic imine (C=N–C) groups is 1. The second-order valence-corrected chi connectivity index (χ2v) is 9.15. The molecule has 4 nitrogen and oxygen atoms in total. The van der Waals surface area contributed by atoms with Crippen LogP contribution in [0.3, 0.4) is 0 Å². The molecule has 0 bridgehead atoms. The van der Waals surface area contributed by atoms with Gasteiger partial charge in [0, 0.05) is 16.3 Å². The third-order valence-corrected chi connectivity index (χ3v) is 6.90. The van der Waals surface area contributed by atoms with Crippen molar-refractivity contribution in [2.24, 2.45) is 10.7 Å². The zero-order chi connectivity index (χ0) is 16.8. The molecule has 130 valence electrons. The molecule has 1 aromatic carbocycles. The van der Waals surface area contributed by atoms with Gasteiger partial charge in [-0.3, -0.25) is 4.99 Å². The lowest BCUT2D eigenvalue weighted by Gasteiger charge is -2.39. The Kier molecular flexibility index (Phi) is 5.92. The molecular formula is C14H19BrF2N2O2S2. The van der Waals surface area contributed by atoms with Crippen LogP contribution in [0.25, 0.3) is 0 Å². The van der Waals surface area contributed by atoms with E-state index in [1.165, 1.54) is 25.1 Å². The van der Waals surface area contributed by atoms with Crippen LogP contribution in [0.5, 0.6) is 0 Å².